The molecule has 190 valence electrons. The van der Waals surface area contributed by atoms with Crippen molar-refractivity contribution in [2.75, 3.05) is 13.2 Å². The predicted molar refractivity (Wildman–Crippen MR) is 137 cm³/mol. The van der Waals surface area contributed by atoms with Crippen molar-refractivity contribution in [2.24, 2.45) is 0 Å². The van der Waals surface area contributed by atoms with Crippen LogP contribution in [0.25, 0.3) is 5.69 Å². The third-order valence-corrected chi connectivity index (χ3v) is 5.90. The Kier molecular flexibility index (Phi) is 9.05. The van der Waals surface area contributed by atoms with E-state index >= 15 is 0 Å². The number of hydrogen-bond donors (Lipinski definition) is 1. The highest BCUT2D eigenvalue weighted by molar-refractivity contribution is 5.43. The number of halogens is 1. The minimum absolute atomic E-state index is 0.220. The summed E-state index contributed by atoms with van der Waals surface area (Å²) in [5, 5.41) is 15.5. The second kappa shape index (κ2) is 11.8. The molecule has 0 spiro atoms. The summed E-state index contributed by atoms with van der Waals surface area (Å²) in [7, 11) is 0. The highest BCUT2D eigenvalue weighted by Gasteiger charge is 2.25. The van der Waals surface area contributed by atoms with Crippen molar-refractivity contribution in [2.45, 2.75) is 72.3 Å². The van der Waals surface area contributed by atoms with E-state index in [1.807, 2.05) is 58.0 Å². The molecule has 1 heterocycles. The summed E-state index contributed by atoms with van der Waals surface area (Å²) in [6, 6.07) is 16.0. The van der Waals surface area contributed by atoms with Gasteiger partial charge in [-0.3, -0.25) is 4.90 Å². The highest BCUT2D eigenvalue weighted by atomic mass is 19.1. The van der Waals surface area contributed by atoms with Gasteiger partial charge in [0.25, 0.3) is 0 Å². The maximum Gasteiger partial charge on any atom is 0.227 e. The Labute approximate surface area is 208 Å². The normalized spacial score (nSPS) is 13.7. The van der Waals surface area contributed by atoms with Gasteiger partial charge in [-0.05, 0) is 77.4 Å². The minimum Gasteiger partial charge on any atom is -0.439 e. The van der Waals surface area contributed by atoms with Gasteiger partial charge < -0.3 is 14.6 Å². The molecule has 3 rings (SSSR count). The Morgan fingerprint density at radius 3 is 2.34 bits per heavy atom. The fourth-order valence-corrected chi connectivity index (χ4v) is 3.71. The molecular weight excluding hydrogens is 445 g/mol. The highest BCUT2D eigenvalue weighted by Crippen LogP contribution is 2.32. The summed E-state index contributed by atoms with van der Waals surface area (Å²) >= 11 is 0. The molecule has 0 saturated carbocycles. The third kappa shape index (κ3) is 7.62. The van der Waals surface area contributed by atoms with Crippen LogP contribution in [0.5, 0.6) is 11.6 Å². The van der Waals surface area contributed by atoms with Crippen LogP contribution in [0, 0.1) is 12.7 Å². The molecule has 2 unspecified atom stereocenters. The monoisotopic (exact) mass is 483 g/mol. The SMILES string of the molecule is CCC(C)N(Cc1c(C)nn(-c2ccccc2)c1Oc1ccc(F)cc1)CC(O)COC(C)(C)C. The molecule has 0 aliphatic heterocycles. The summed E-state index contributed by atoms with van der Waals surface area (Å²) < 4.78 is 27.4. The summed E-state index contributed by atoms with van der Waals surface area (Å²) in [5.41, 5.74) is 2.31. The lowest BCUT2D eigenvalue weighted by molar-refractivity contribution is -0.0593. The Morgan fingerprint density at radius 2 is 1.74 bits per heavy atom. The Hall–Kier alpha value is -2.74. The smallest absolute Gasteiger partial charge is 0.227 e. The third-order valence-electron chi connectivity index (χ3n) is 5.90. The van der Waals surface area contributed by atoms with Crippen LogP contribution >= 0.6 is 0 Å². The lowest BCUT2D eigenvalue weighted by Crippen LogP contribution is -2.41. The van der Waals surface area contributed by atoms with Crippen LogP contribution in [-0.4, -0.2) is 50.7 Å². The van der Waals surface area contributed by atoms with Gasteiger partial charge in [0, 0.05) is 19.1 Å². The first-order valence-electron chi connectivity index (χ1n) is 12.2. The van der Waals surface area contributed by atoms with Gasteiger partial charge in [-0.15, -0.1) is 0 Å². The Morgan fingerprint density at radius 1 is 1.09 bits per heavy atom. The zero-order chi connectivity index (χ0) is 25.6. The molecule has 3 aromatic rings. The maximum absolute atomic E-state index is 13.5. The van der Waals surface area contributed by atoms with Crippen molar-refractivity contribution in [1.29, 1.82) is 0 Å². The molecule has 0 radical (unpaired) electrons. The van der Waals surface area contributed by atoms with Crippen molar-refractivity contribution in [3.05, 3.63) is 71.7 Å². The molecule has 0 bridgehead atoms. The van der Waals surface area contributed by atoms with E-state index < -0.39 is 6.10 Å². The summed E-state index contributed by atoms with van der Waals surface area (Å²) in [4.78, 5) is 2.23. The fourth-order valence-electron chi connectivity index (χ4n) is 3.71. The van der Waals surface area contributed by atoms with Gasteiger partial charge in [0.15, 0.2) is 0 Å². The molecule has 1 N–H and O–H groups in total. The molecule has 2 aromatic carbocycles. The van der Waals surface area contributed by atoms with E-state index in [0.717, 1.165) is 23.4 Å². The standard InChI is InChI=1S/C28H38FN3O3/c1-7-20(2)31(17-24(33)19-34-28(4,5)6)18-26-21(3)30-32(23-11-9-8-10-12-23)27(26)35-25-15-13-22(29)14-16-25/h8-16,20,24,33H,7,17-19H2,1-6H3. The first-order valence-corrected chi connectivity index (χ1v) is 12.2. The number of aromatic nitrogens is 2. The van der Waals surface area contributed by atoms with Crippen LogP contribution in [0.3, 0.4) is 0 Å². The van der Waals surface area contributed by atoms with E-state index in [2.05, 4.69) is 18.7 Å². The minimum atomic E-state index is -0.630. The molecule has 0 aliphatic rings. The molecule has 1 aromatic heterocycles. The van der Waals surface area contributed by atoms with Crippen molar-refractivity contribution < 1.29 is 19.0 Å². The largest absolute Gasteiger partial charge is 0.439 e. The number of aryl methyl sites for hydroxylation is 1. The van der Waals surface area contributed by atoms with Crippen LogP contribution in [0.4, 0.5) is 4.39 Å². The maximum atomic E-state index is 13.5. The average Bonchev–Trinajstić information content (AvgIpc) is 3.13. The number of aliphatic hydroxyl groups is 1. The fraction of sp³-hybridized carbons (Fsp3) is 0.464. The molecule has 35 heavy (non-hydrogen) atoms. The van der Waals surface area contributed by atoms with Gasteiger partial charge >= 0.3 is 0 Å². The molecular formula is C28H38FN3O3. The van der Waals surface area contributed by atoms with Crippen molar-refractivity contribution >= 4 is 0 Å². The molecule has 0 saturated heterocycles. The van der Waals surface area contributed by atoms with Crippen LogP contribution in [0.15, 0.2) is 54.6 Å². The first-order chi connectivity index (χ1) is 16.6. The van der Waals surface area contributed by atoms with Crippen molar-refractivity contribution in [3.63, 3.8) is 0 Å². The second-order valence-electron chi connectivity index (χ2n) is 9.94. The van der Waals surface area contributed by atoms with Crippen LogP contribution in [0.1, 0.15) is 52.3 Å². The summed E-state index contributed by atoms with van der Waals surface area (Å²) in [6.07, 6.45) is 0.293. The zero-order valence-corrected chi connectivity index (χ0v) is 21.7. The number of benzene rings is 2. The van der Waals surface area contributed by atoms with Gasteiger partial charge in [-0.2, -0.15) is 5.10 Å². The lowest BCUT2D eigenvalue weighted by atomic mass is 10.1. The number of rotatable bonds is 11. The van der Waals surface area contributed by atoms with Gasteiger partial charge in [0.2, 0.25) is 5.88 Å². The predicted octanol–water partition coefficient (Wildman–Crippen LogP) is 5.89. The van der Waals surface area contributed by atoms with E-state index in [4.69, 9.17) is 14.6 Å². The number of aliphatic hydroxyl groups excluding tert-OH is 1. The van der Waals surface area contributed by atoms with Gasteiger partial charge in [-0.25, -0.2) is 9.07 Å². The van der Waals surface area contributed by atoms with E-state index in [-0.39, 0.29) is 24.1 Å². The molecule has 0 aliphatic carbocycles. The van der Waals surface area contributed by atoms with Crippen molar-refractivity contribution in [3.8, 4) is 17.3 Å². The van der Waals surface area contributed by atoms with Crippen LogP contribution in [0.2, 0.25) is 0 Å². The van der Waals surface area contributed by atoms with E-state index in [0.29, 0.717) is 24.7 Å². The van der Waals surface area contributed by atoms with Gasteiger partial charge in [0.05, 0.1) is 35.3 Å². The Balaban J connectivity index is 1.94. The molecule has 7 heteroatoms. The van der Waals surface area contributed by atoms with E-state index in [9.17, 15) is 9.50 Å². The molecule has 2 atom stereocenters. The first kappa shape index (κ1) is 26.9. The molecule has 0 amide bonds. The number of para-hydroxylation sites is 1. The van der Waals surface area contributed by atoms with Crippen LogP contribution < -0.4 is 4.74 Å². The second-order valence-corrected chi connectivity index (χ2v) is 9.94. The molecule has 6 nitrogen and oxygen atoms in total. The Bertz CT molecular complexity index is 1060. The van der Waals surface area contributed by atoms with E-state index in [1.165, 1.54) is 12.1 Å². The van der Waals surface area contributed by atoms with Gasteiger partial charge in [-0.1, -0.05) is 25.1 Å². The topological polar surface area (TPSA) is 59.8 Å². The number of ether oxygens (including phenoxy) is 2. The van der Waals surface area contributed by atoms with Crippen LogP contribution in [-0.2, 0) is 11.3 Å². The lowest BCUT2D eigenvalue weighted by Gasteiger charge is -2.31. The van der Waals surface area contributed by atoms with E-state index in [1.54, 1.807) is 16.8 Å². The number of nitrogens with zero attached hydrogens (tertiary/aromatic N) is 3. The average molecular weight is 484 g/mol. The number of hydrogen-bond acceptors (Lipinski definition) is 5. The summed E-state index contributed by atoms with van der Waals surface area (Å²) in [5.74, 6) is 0.784. The summed E-state index contributed by atoms with van der Waals surface area (Å²) in [6.45, 7) is 13.4. The van der Waals surface area contributed by atoms with Crippen molar-refractivity contribution in [1.82, 2.24) is 14.7 Å². The van der Waals surface area contributed by atoms with Gasteiger partial charge in [0.1, 0.15) is 11.6 Å². The molecule has 0 fully saturated rings. The quantitative estimate of drug-likeness (QED) is 0.369. The zero-order valence-electron chi connectivity index (χ0n) is 21.7.